The van der Waals surface area contributed by atoms with Crippen LogP contribution in [-0.4, -0.2) is 50.4 Å². The lowest BCUT2D eigenvalue weighted by atomic mass is 9.97. The third-order valence-corrected chi connectivity index (χ3v) is 4.12. The van der Waals surface area contributed by atoms with Crippen LogP contribution in [0.4, 0.5) is 0 Å². The molecule has 3 rings (SSSR count). The van der Waals surface area contributed by atoms with Gasteiger partial charge in [0.15, 0.2) is 5.69 Å². The highest BCUT2D eigenvalue weighted by atomic mass is 32.1. The Balaban J connectivity index is 1.88. The monoisotopic (exact) mass is 307 g/mol. The summed E-state index contributed by atoms with van der Waals surface area (Å²) in [5, 5.41) is 10.1. The molecule has 21 heavy (non-hydrogen) atoms. The summed E-state index contributed by atoms with van der Waals surface area (Å²) in [4.78, 5) is 14.3. The van der Waals surface area contributed by atoms with Crippen LogP contribution in [-0.2, 0) is 17.8 Å². The summed E-state index contributed by atoms with van der Waals surface area (Å²) in [6.07, 6.45) is 2.01. The van der Waals surface area contributed by atoms with E-state index in [0.717, 1.165) is 17.8 Å². The molecule has 1 aliphatic heterocycles. The maximum absolute atomic E-state index is 12.5. The molecule has 1 aliphatic rings. The molecule has 2 aromatic heterocycles. The minimum atomic E-state index is -0.0836. The Morgan fingerprint density at radius 2 is 2.43 bits per heavy atom. The van der Waals surface area contributed by atoms with Gasteiger partial charge in [0.05, 0.1) is 12.3 Å². The number of hydrogen-bond acceptors (Lipinski definition) is 6. The van der Waals surface area contributed by atoms with E-state index in [2.05, 4.69) is 14.7 Å². The van der Waals surface area contributed by atoms with Gasteiger partial charge >= 0.3 is 0 Å². The van der Waals surface area contributed by atoms with Crippen molar-refractivity contribution in [2.45, 2.75) is 25.9 Å². The Hall–Kier alpha value is -1.80. The number of amides is 1. The highest BCUT2D eigenvalue weighted by Gasteiger charge is 2.32. The zero-order valence-electron chi connectivity index (χ0n) is 12.0. The first-order valence-corrected chi connectivity index (χ1v) is 7.68. The van der Waals surface area contributed by atoms with E-state index in [4.69, 9.17) is 4.74 Å². The van der Waals surface area contributed by atoms with Crippen LogP contribution in [0, 0.1) is 0 Å². The molecule has 0 aliphatic carbocycles. The van der Waals surface area contributed by atoms with Gasteiger partial charge in [-0.3, -0.25) is 9.48 Å². The van der Waals surface area contributed by atoms with Crippen molar-refractivity contribution in [3.05, 3.63) is 28.5 Å². The van der Waals surface area contributed by atoms with Gasteiger partial charge in [-0.05, 0) is 18.5 Å². The molecule has 0 radical (unpaired) electrons. The van der Waals surface area contributed by atoms with Gasteiger partial charge in [-0.1, -0.05) is 4.49 Å². The van der Waals surface area contributed by atoms with Gasteiger partial charge in [0, 0.05) is 49.8 Å². The molecule has 2 aromatic rings. The molecule has 1 amide bonds. The van der Waals surface area contributed by atoms with Crippen LogP contribution < -0.4 is 0 Å². The Morgan fingerprint density at radius 3 is 3.10 bits per heavy atom. The van der Waals surface area contributed by atoms with E-state index in [0.29, 0.717) is 25.4 Å². The fourth-order valence-corrected chi connectivity index (χ4v) is 3.07. The Bertz CT molecular complexity index is 625. The molecule has 0 fully saturated rings. The average Bonchev–Trinajstić information content (AvgIpc) is 3.15. The normalized spacial score (nSPS) is 17.8. The number of aryl methyl sites for hydroxylation is 1. The quantitative estimate of drug-likeness (QED) is 0.847. The van der Waals surface area contributed by atoms with Crippen molar-refractivity contribution in [1.82, 2.24) is 24.3 Å². The summed E-state index contributed by atoms with van der Waals surface area (Å²) in [7, 11) is 1.67. The predicted octanol–water partition coefficient (Wildman–Crippen LogP) is 1.14. The van der Waals surface area contributed by atoms with E-state index in [9.17, 15) is 4.79 Å². The highest BCUT2D eigenvalue weighted by Crippen LogP contribution is 2.28. The molecule has 0 bridgehead atoms. The molecule has 7 nitrogen and oxygen atoms in total. The third kappa shape index (κ3) is 2.68. The van der Waals surface area contributed by atoms with Crippen molar-refractivity contribution in [1.29, 1.82) is 0 Å². The van der Waals surface area contributed by atoms with Crippen LogP contribution >= 0.6 is 11.5 Å². The molecular formula is C13H17N5O2S. The molecule has 0 saturated heterocycles. The molecule has 0 spiro atoms. The summed E-state index contributed by atoms with van der Waals surface area (Å²) in [6.45, 7) is 4.57. The average molecular weight is 307 g/mol. The van der Waals surface area contributed by atoms with E-state index < -0.39 is 0 Å². The first-order valence-electron chi connectivity index (χ1n) is 6.84. The highest BCUT2D eigenvalue weighted by molar-refractivity contribution is 7.03. The summed E-state index contributed by atoms with van der Waals surface area (Å²) in [6, 6.07) is 0. The van der Waals surface area contributed by atoms with Crippen molar-refractivity contribution < 1.29 is 9.53 Å². The minimum absolute atomic E-state index is 0.0836. The molecule has 8 heteroatoms. The van der Waals surface area contributed by atoms with Gasteiger partial charge in [0.25, 0.3) is 5.91 Å². The first kappa shape index (κ1) is 14.2. The summed E-state index contributed by atoms with van der Waals surface area (Å²) < 4.78 is 11.0. The second-order valence-corrected chi connectivity index (χ2v) is 5.63. The number of rotatable bonds is 4. The zero-order chi connectivity index (χ0) is 14.8. The summed E-state index contributed by atoms with van der Waals surface area (Å²) in [5.41, 5.74) is 2.53. The smallest absolute Gasteiger partial charge is 0.275 e. The number of carbonyl (C=O) groups is 1. The van der Waals surface area contributed by atoms with E-state index in [1.807, 2.05) is 17.8 Å². The number of hydrogen-bond donors (Lipinski definition) is 0. The van der Waals surface area contributed by atoms with Gasteiger partial charge in [-0.2, -0.15) is 5.10 Å². The van der Waals surface area contributed by atoms with E-state index >= 15 is 0 Å². The lowest BCUT2D eigenvalue weighted by Crippen LogP contribution is -2.39. The number of nitrogens with zero attached hydrogens (tertiary/aromatic N) is 5. The molecule has 1 unspecified atom stereocenters. The Morgan fingerprint density at radius 1 is 1.57 bits per heavy atom. The van der Waals surface area contributed by atoms with Gasteiger partial charge < -0.3 is 9.64 Å². The minimum Gasteiger partial charge on any atom is -0.384 e. The second-order valence-electron chi connectivity index (χ2n) is 5.02. The van der Waals surface area contributed by atoms with Crippen LogP contribution in [0.2, 0.25) is 0 Å². The van der Waals surface area contributed by atoms with Crippen molar-refractivity contribution in [3.63, 3.8) is 0 Å². The van der Waals surface area contributed by atoms with Gasteiger partial charge in [-0.25, -0.2) is 0 Å². The van der Waals surface area contributed by atoms with E-state index in [1.165, 1.54) is 11.5 Å². The Kier molecular flexibility index (Phi) is 3.98. The number of carbonyl (C=O) groups excluding carboxylic acids is 1. The van der Waals surface area contributed by atoms with Crippen molar-refractivity contribution in [3.8, 4) is 0 Å². The van der Waals surface area contributed by atoms with E-state index in [1.54, 1.807) is 17.4 Å². The maximum Gasteiger partial charge on any atom is 0.275 e. The Labute approximate surface area is 126 Å². The standard InChI is InChI=1S/C13H17N5O2S/c1-3-18-6-9-4-17(13(19)11-8-21-16-14-11)5-10(7-20-2)12(9)15-18/h6,8,10H,3-5,7H2,1-2H3. The van der Waals surface area contributed by atoms with E-state index in [-0.39, 0.29) is 11.8 Å². The second kappa shape index (κ2) is 5.90. The fraction of sp³-hybridized carbons (Fsp3) is 0.538. The van der Waals surface area contributed by atoms with Gasteiger partial charge in [-0.15, -0.1) is 5.10 Å². The molecule has 1 atom stereocenters. The molecule has 3 heterocycles. The number of fused-ring (bicyclic) bond motifs is 1. The van der Waals surface area contributed by atoms with Crippen LogP contribution in [0.15, 0.2) is 11.6 Å². The number of aromatic nitrogens is 4. The summed E-state index contributed by atoms with van der Waals surface area (Å²) >= 11 is 1.19. The van der Waals surface area contributed by atoms with Crippen molar-refractivity contribution >= 4 is 17.4 Å². The van der Waals surface area contributed by atoms with Crippen LogP contribution in [0.25, 0.3) is 0 Å². The zero-order valence-corrected chi connectivity index (χ0v) is 12.8. The molecule has 0 N–H and O–H groups in total. The third-order valence-electron chi connectivity index (χ3n) is 3.62. The SMILES string of the molecule is CCn1cc2c(n1)C(COC)CN(C(=O)c1csnn1)C2. The van der Waals surface area contributed by atoms with Gasteiger partial charge in [0.1, 0.15) is 0 Å². The predicted molar refractivity (Wildman–Crippen MR) is 77.2 cm³/mol. The lowest BCUT2D eigenvalue weighted by Gasteiger charge is -2.31. The lowest BCUT2D eigenvalue weighted by molar-refractivity contribution is 0.0673. The van der Waals surface area contributed by atoms with Crippen LogP contribution in [0.3, 0.4) is 0 Å². The van der Waals surface area contributed by atoms with Crippen LogP contribution in [0.5, 0.6) is 0 Å². The molecule has 0 aromatic carbocycles. The number of ether oxygens (including phenoxy) is 1. The topological polar surface area (TPSA) is 73.1 Å². The van der Waals surface area contributed by atoms with Crippen molar-refractivity contribution in [2.24, 2.45) is 0 Å². The largest absolute Gasteiger partial charge is 0.384 e. The molecular weight excluding hydrogens is 290 g/mol. The first-order chi connectivity index (χ1) is 10.2. The van der Waals surface area contributed by atoms with Crippen molar-refractivity contribution in [2.75, 3.05) is 20.3 Å². The maximum atomic E-state index is 12.5. The fourth-order valence-electron chi connectivity index (χ4n) is 2.64. The van der Waals surface area contributed by atoms with Crippen LogP contribution in [0.1, 0.15) is 34.6 Å². The van der Waals surface area contributed by atoms with Gasteiger partial charge in [0.2, 0.25) is 0 Å². The number of methoxy groups -OCH3 is 1. The molecule has 112 valence electrons. The molecule has 0 saturated carbocycles. The summed E-state index contributed by atoms with van der Waals surface area (Å²) in [5.74, 6) is 0.0156.